The molecule has 0 saturated carbocycles. The van der Waals surface area contributed by atoms with Crippen molar-refractivity contribution < 1.29 is 9.53 Å². The molecule has 5 nitrogen and oxygen atoms in total. The van der Waals surface area contributed by atoms with Gasteiger partial charge in [0.1, 0.15) is 0 Å². The Morgan fingerprint density at radius 2 is 1.93 bits per heavy atom. The molecule has 1 amide bonds. The van der Waals surface area contributed by atoms with Crippen LogP contribution in [0.1, 0.15) is 31.7 Å². The maximum atomic E-state index is 12.7. The Hall–Kier alpha value is -1.43. The first-order valence-electron chi connectivity index (χ1n) is 10.6. The normalized spacial score (nSPS) is 24.6. The SMILES string of the molecule is CCCCNC(=O)[C@@H]1C[C@H](CN2CCOCC2)CN(Cc2ccccc2)C1. The number of benzene rings is 1. The molecule has 1 aromatic rings. The fourth-order valence-electron chi connectivity index (χ4n) is 4.28. The van der Waals surface area contributed by atoms with Gasteiger partial charge in [-0.05, 0) is 24.3 Å². The summed E-state index contributed by atoms with van der Waals surface area (Å²) in [5.74, 6) is 0.890. The molecule has 2 heterocycles. The van der Waals surface area contributed by atoms with E-state index in [1.165, 1.54) is 5.56 Å². The molecular weight excluding hydrogens is 338 g/mol. The number of ether oxygens (including phenoxy) is 1. The minimum atomic E-state index is 0.102. The van der Waals surface area contributed by atoms with Crippen molar-refractivity contribution in [2.75, 3.05) is 52.5 Å². The molecule has 27 heavy (non-hydrogen) atoms. The van der Waals surface area contributed by atoms with Gasteiger partial charge in [0.2, 0.25) is 5.91 Å². The average Bonchev–Trinajstić information content (AvgIpc) is 2.69. The summed E-state index contributed by atoms with van der Waals surface area (Å²) in [5.41, 5.74) is 1.33. The molecule has 2 aliphatic rings. The average molecular weight is 374 g/mol. The van der Waals surface area contributed by atoms with Crippen molar-refractivity contribution in [1.29, 1.82) is 0 Å². The number of nitrogens with zero attached hydrogens (tertiary/aromatic N) is 2. The molecule has 0 spiro atoms. The summed E-state index contributed by atoms with van der Waals surface area (Å²) in [5, 5.41) is 3.16. The molecule has 0 aliphatic carbocycles. The van der Waals surface area contributed by atoms with E-state index in [-0.39, 0.29) is 11.8 Å². The van der Waals surface area contributed by atoms with Crippen molar-refractivity contribution in [3.05, 3.63) is 35.9 Å². The molecule has 2 fully saturated rings. The fourth-order valence-corrected chi connectivity index (χ4v) is 4.28. The summed E-state index contributed by atoms with van der Waals surface area (Å²) in [6.45, 7) is 10.6. The molecule has 2 atom stereocenters. The summed E-state index contributed by atoms with van der Waals surface area (Å²) in [6, 6.07) is 10.6. The molecule has 0 radical (unpaired) electrons. The highest BCUT2D eigenvalue weighted by molar-refractivity contribution is 5.79. The van der Waals surface area contributed by atoms with Gasteiger partial charge in [0.25, 0.3) is 0 Å². The number of carbonyl (C=O) groups is 1. The lowest BCUT2D eigenvalue weighted by Crippen LogP contribution is -2.50. The van der Waals surface area contributed by atoms with Crippen LogP contribution in [0.2, 0.25) is 0 Å². The largest absolute Gasteiger partial charge is 0.379 e. The Labute approximate surface area is 164 Å². The number of unbranched alkanes of at least 4 members (excludes halogenated alkanes) is 1. The topological polar surface area (TPSA) is 44.8 Å². The highest BCUT2D eigenvalue weighted by Crippen LogP contribution is 2.25. The van der Waals surface area contributed by atoms with E-state index in [4.69, 9.17) is 4.74 Å². The Morgan fingerprint density at radius 3 is 2.67 bits per heavy atom. The molecule has 0 aromatic heterocycles. The number of hydrogen-bond acceptors (Lipinski definition) is 4. The quantitative estimate of drug-likeness (QED) is 0.711. The van der Waals surface area contributed by atoms with Gasteiger partial charge in [-0.15, -0.1) is 0 Å². The lowest BCUT2D eigenvalue weighted by Gasteiger charge is -2.40. The van der Waals surface area contributed by atoms with Gasteiger partial charge in [-0.1, -0.05) is 43.7 Å². The van der Waals surface area contributed by atoms with Crippen molar-refractivity contribution >= 4 is 5.91 Å². The van der Waals surface area contributed by atoms with Gasteiger partial charge in [-0.3, -0.25) is 14.6 Å². The van der Waals surface area contributed by atoms with E-state index < -0.39 is 0 Å². The fraction of sp³-hybridized carbons (Fsp3) is 0.682. The van der Waals surface area contributed by atoms with Crippen molar-refractivity contribution in [3.63, 3.8) is 0 Å². The zero-order valence-corrected chi connectivity index (χ0v) is 16.7. The summed E-state index contributed by atoms with van der Waals surface area (Å²) < 4.78 is 5.49. The summed E-state index contributed by atoms with van der Waals surface area (Å²) in [7, 11) is 0. The third-order valence-corrected chi connectivity index (χ3v) is 5.68. The second kappa shape index (κ2) is 10.8. The first-order chi connectivity index (χ1) is 13.2. The first kappa shape index (κ1) is 20.3. The second-order valence-corrected chi connectivity index (χ2v) is 8.04. The lowest BCUT2D eigenvalue weighted by molar-refractivity contribution is -0.127. The van der Waals surface area contributed by atoms with Crippen LogP contribution < -0.4 is 5.32 Å². The van der Waals surface area contributed by atoms with Gasteiger partial charge < -0.3 is 10.1 Å². The zero-order valence-electron chi connectivity index (χ0n) is 16.7. The number of morpholine rings is 1. The van der Waals surface area contributed by atoms with E-state index in [1.54, 1.807) is 0 Å². The number of amides is 1. The van der Waals surface area contributed by atoms with E-state index in [1.807, 2.05) is 0 Å². The molecule has 0 bridgehead atoms. The van der Waals surface area contributed by atoms with E-state index in [9.17, 15) is 4.79 Å². The van der Waals surface area contributed by atoms with Crippen LogP contribution in [-0.4, -0.2) is 68.2 Å². The third-order valence-electron chi connectivity index (χ3n) is 5.68. The minimum absolute atomic E-state index is 0.102. The van der Waals surface area contributed by atoms with Crippen LogP contribution in [-0.2, 0) is 16.1 Å². The van der Waals surface area contributed by atoms with E-state index >= 15 is 0 Å². The maximum absolute atomic E-state index is 12.7. The molecule has 1 aromatic carbocycles. The Kier molecular flexibility index (Phi) is 8.11. The van der Waals surface area contributed by atoms with E-state index in [0.29, 0.717) is 5.92 Å². The number of likely N-dealkylation sites (tertiary alicyclic amines) is 1. The molecule has 150 valence electrons. The lowest BCUT2D eigenvalue weighted by atomic mass is 9.87. The zero-order chi connectivity index (χ0) is 18.9. The molecule has 5 heteroatoms. The Bertz CT molecular complexity index is 560. The summed E-state index contributed by atoms with van der Waals surface area (Å²) in [6.07, 6.45) is 3.18. The van der Waals surface area contributed by atoms with Crippen LogP contribution in [0, 0.1) is 11.8 Å². The van der Waals surface area contributed by atoms with Gasteiger partial charge in [-0.2, -0.15) is 0 Å². The van der Waals surface area contributed by atoms with Crippen LogP contribution >= 0.6 is 0 Å². The van der Waals surface area contributed by atoms with Crippen molar-refractivity contribution in [1.82, 2.24) is 15.1 Å². The smallest absolute Gasteiger partial charge is 0.224 e. The van der Waals surface area contributed by atoms with Gasteiger partial charge in [-0.25, -0.2) is 0 Å². The van der Waals surface area contributed by atoms with Crippen LogP contribution in [0.4, 0.5) is 0 Å². The highest BCUT2D eigenvalue weighted by Gasteiger charge is 2.32. The van der Waals surface area contributed by atoms with Crippen molar-refractivity contribution in [2.24, 2.45) is 11.8 Å². The number of rotatable bonds is 8. The number of nitrogens with one attached hydrogen (secondary N) is 1. The second-order valence-electron chi connectivity index (χ2n) is 8.04. The summed E-state index contributed by atoms with van der Waals surface area (Å²) in [4.78, 5) is 17.7. The van der Waals surface area contributed by atoms with Crippen LogP contribution in [0.15, 0.2) is 30.3 Å². The number of piperidine rings is 1. The number of carbonyl (C=O) groups excluding carboxylic acids is 1. The van der Waals surface area contributed by atoms with Gasteiger partial charge in [0.05, 0.1) is 19.1 Å². The molecular formula is C22H35N3O2. The predicted octanol–water partition coefficient (Wildman–Crippen LogP) is 2.37. The molecule has 0 unspecified atom stereocenters. The summed E-state index contributed by atoms with van der Waals surface area (Å²) >= 11 is 0. The molecule has 2 aliphatic heterocycles. The third kappa shape index (κ3) is 6.59. The Morgan fingerprint density at radius 1 is 1.15 bits per heavy atom. The minimum Gasteiger partial charge on any atom is -0.379 e. The van der Waals surface area contributed by atoms with Crippen molar-refractivity contribution in [2.45, 2.75) is 32.7 Å². The van der Waals surface area contributed by atoms with Gasteiger partial charge in [0, 0.05) is 45.8 Å². The Balaban J connectivity index is 1.60. The molecule has 3 rings (SSSR count). The van der Waals surface area contributed by atoms with E-state index in [2.05, 4.69) is 52.4 Å². The van der Waals surface area contributed by atoms with Crippen LogP contribution in [0.25, 0.3) is 0 Å². The van der Waals surface area contributed by atoms with E-state index in [0.717, 1.165) is 78.3 Å². The van der Waals surface area contributed by atoms with Crippen molar-refractivity contribution in [3.8, 4) is 0 Å². The predicted molar refractivity (Wildman–Crippen MR) is 108 cm³/mol. The standard InChI is InChI=1S/C22H35N3O2/c1-2-3-9-23-22(26)21-14-20(16-24-10-12-27-13-11-24)17-25(18-21)15-19-7-5-4-6-8-19/h4-8,20-21H,2-3,9-18H2,1H3,(H,23,26)/t20-,21-/m1/s1. The van der Waals surface area contributed by atoms with Gasteiger partial charge in [0.15, 0.2) is 0 Å². The molecule has 2 saturated heterocycles. The van der Waals surface area contributed by atoms with Crippen LogP contribution in [0.5, 0.6) is 0 Å². The van der Waals surface area contributed by atoms with Crippen LogP contribution in [0.3, 0.4) is 0 Å². The van der Waals surface area contributed by atoms with Gasteiger partial charge >= 0.3 is 0 Å². The first-order valence-corrected chi connectivity index (χ1v) is 10.6. The molecule has 1 N–H and O–H groups in total. The number of hydrogen-bond donors (Lipinski definition) is 1. The monoisotopic (exact) mass is 373 g/mol. The maximum Gasteiger partial charge on any atom is 0.224 e. The highest BCUT2D eigenvalue weighted by atomic mass is 16.5.